The topological polar surface area (TPSA) is 62.4 Å². The van der Waals surface area contributed by atoms with E-state index in [2.05, 4.69) is 16.8 Å². The molecule has 1 rings (SSSR count). The third-order valence-corrected chi connectivity index (χ3v) is 2.65. The van der Waals surface area contributed by atoms with Crippen molar-refractivity contribution in [1.29, 1.82) is 0 Å². The summed E-state index contributed by atoms with van der Waals surface area (Å²) in [5, 5.41) is 9.06. The van der Waals surface area contributed by atoms with Crippen LogP contribution in [0.3, 0.4) is 0 Å². The summed E-state index contributed by atoms with van der Waals surface area (Å²) in [5.41, 5.74) is 6.99. The lowest BCUT2D eigenvalue weighted by atomic mass is 10.1. The van der Waals surface area contributed by atoms with Crippen LogP contribution in [0.25, 0.3) is 0 Å². The van der Waals surface area contributed by atoms with Crippen molar-refractivity contribution in [2.75, 3.05) is 26.2 Å². The highest BCUT2D eigenvalue weighted by atomic mass is 16.3. The van der Waals surface area contributed by atoms with Crippen molar-refractivity contribution in [1.82, 2.24) is 9.88 Å². The van der Waals surface area contributed by atoms with Gasteiger partial charge in [0.1, 0.15) is 0 Å². The Morgan fingerprint density at radius 3 is 2.56 bits per heavy atom. The minimum absolute atomic E-state index is 0.168. The molecule has 1 heterocycles. The Balaban J connectivity index is 2.77. The number of hydrogen-bond donors (Lipinski definition) is 2. The van der Waals surface area contributed by atoms with E-state index in [0.29, 0.717) is 13.1 Å². The molecule has 0 aliphatic rings. The lowest BCUT2D eigenvalue weighted by Gasteiger charge is -2.30. The summed E-state index contributed by atoms with van der Waals surface area (Å²) in [7, 11) is 0. The lowest BCUT2D eigenvalue weighted by molar-refractivity contribution is 0.153. The first-order valence-corrected chi connectivity index (χ1v) is 5.78. The van der Waals surface area contributed by atoms with E-state index in [1.165, 1.54) is 5.56 Å². The second-order valence-electron chi connectivity index (χ2n) is 3.79. The van der Waals surface area contributed by atoms with Crippen molar-refractivity contribution < 1.29 is 5.11 Å². The molecular weight excluding hydrogens is 202 g/mol. The van der Waals surface area contributed by atoms with E-state index >= 15 is 0 Å². The van der Waals surface area contributed by atoms with E-state index in [1.807, 2.05) is 12.1 Å². The number of hydrogen-bond acceptors (Lipinski definition) is 4. The molecule has 1 aromatic rings. The quantitative estimate of drug-likeness (QED) is 0.717. The van der Waals surface area contributed by atoms with E-state index in [0.717, 1.165) is 13.0 Å². The zero-order valence-corrected chi connectivity index (χ0v) is 9.84. The molecule has 0 saturated heterocycles. The fraction of sp³-hybridized carbons (Fsp3) is 0.583. The van der Waals surface area contributed by atoms with Gasteiger partial charge in [0.15, 0.2) is 0 Å². The summed E-state index contributed by atoms with van der Waals surface area (Å²) in [4.78, 5) is 6.22. The molecule has 4 heteroatoms. The van der Waals surface area contributed by atoms with Crippen LogP contribution in [0.5, 0.6) is 0 Å². The first kappa shape index (κ1) is 13.1. The van der Waals surface area contributed by atoms with Gasteiger partial charge in [-0.3, -0.25) is 9.88 Å². The van der Waals surface area contributed by atoms with E-state index in [9.17, 15) is 0 Å². The molecule has 0 fully saturated rings. The SMILES string of the molecule is CCCN(CCO)C(CN)c1ccncc1. The van der Waals surface area contributed by atoms with Gasteiger partial charge in [0.25, 0.3) is 0 Å². The van der Waals surface area contributed by atoms with E-state index < -0.39 is 0 Å². The molecule has 1 atom stereocenters. The fourth-order valence-electron chi connectivity index (χ4n) is 1.92. The van der Waals surface area contributed by atoms with Crippen LogP contribution < -0.4 is 5.73 Å². The van der Waals surface area contributed by atoms with Crippen LogP contribution in [0.15, 0.2) is 24.5 Å². The molecular formula is C12H21N3O. The molecule has 1 unspecified atom stereocenters. The highest BCUT2D eigenvalue weighted by molar-refractivity contribution is 5.15. The van der Waals surface area contributed by atoms with Gasteiger partial charge in [-0.25, -0.2) is 0 Å². The fourth-order valence-corrected chi connectivity index (χ4v) is 1.92. The molecule has 16 heavy (non-hydrogen) atoms. The van der Waals surface area contributed by atoms with Crippen LogP contribution >= 0.6 is 0 Å². The van der Waals surface area contributed by atoms with Crippen LogP contribution in [-0.2, 0) is 0 Å². The Morgan fingerprint density at radius 2 is 2.06 bits per heavy atom. The first-order valence-electron chi connectivity index (χ1n) is 5.78. The molecule has 0 amide bonds. The zero-order chi connectivity index (χ0) is 11.8. The smallest absolute Gasteiger partial charge is 0.0558 e. The summed E-state index contributed by atoms with van der Waals surface area (Å²) in [6, 6.07) is 4.14. The predicted octanol–water partition coefficient (Wildman–Crippen LogP) is 0.786. The van der Waals surface area contributed by atoms with Gasteiger partial charge in [0.2, 0.25) is 0 Å². The minimum Gasteiger partial charge on any atom is -0.395 e. The largest absolute Gasteiger partial charge is 0.395 e. The van der Waals surface area contributed by atoms with E-state index in [1.54, 1.807) is 12.4 Å². The molecule has 0 aromatic carbocycles. The average molecular weight is 223 g/mol. The number of aromatic nitrogens is 1. The van der Waals surface area contributed by atoms with Crippen molar-refractivity contribution >= 4 is 0 Å². The third-order valence-electron chi connectivity index (χ3n) is 2.65. The van der Waals surface area contributed by atoms with Gasteiger partial charge in [-0.15, -0.1) is 0 Å². The Hall–Kier alpha value is -0.970. The predicted molar refractivity (Wildman–Crippen MR) is 65.0 cm³/mol. The Kier molecular flexibility index (Phi) is 6.00. The summed E-state index contributed by atoms with van der Waals surface area (Å²) < 4.78 is 0. The van der Waals surface area contributed by atoms with Crippen LogP contribution in [-0.4, -0.2) is 41.2 Å². The van der Waals surface area contributed by atoms with Crippen LogP contribution in [0.2, 0.25) is 0 Å². The van der Waals surface area contributed by atoms with Crippen molar-refractivity contribution in [3.05, 3.63) is 30.1 Å². The molecule has 0 radical (unpaired) electrons. The molecule has 1 aromatic heterocycles. The standard InChI is InChI=1S/C12H21N3O/c1-2-7-15(8-9-16)12(10-13)11-3-5-14-6-4-11/h3-6,12,16H,2,7-10,13H2,1H3. The summed E-state index contributed by atoms with van der Waals surface area (Å²) in [6.07, 6.45) is 4.61. The minimum atomic E-state index is 0.168. The second kappa shape index (κ2) is 7.33. The van der Waals surface area contributed by atoms with Gasteiger partial charge in [-0.2, -0.15) is 0 Å². The zero-order valence-electron chi connectivity index (χ0n) is 9.84. The van der Waals surface area contributed by atoms with Crippen molar-refractivity contribution in [3.63, 3.8) is 0 Å². The van der Waals surface area contributed by atoms with Gasteiger partial charge in [-0.1, -0.05) is 6.92 Å². The number of pyridine rings is 1. The molecule has 4 nitrogen and oxygen atoms in total. The van der Waals surface area contributed by atoms with E-state index in [-0.39, 0.29) is 12.6 Å². The molecule has 0 bridgehead atoms. The molecule has 3 N–H and O–H groups in total. The van der Waals surface area contributed by atoms with Crippen molar-refractivity contribution in [3.8, 4) is 0 Å². The lowest BCUT2D eigenvalue weighted by Crippen LogP contribution is -2.36. The van der Waals surface area contributed by atoms with Crippen LogP contribution in [0.1, 0.15) is 24.9 Å². The maximum Gasteiger partial charge on any atom is 0.0558 e. The molecule has 0 aliphatic carbocycles. The van der Waals surface area contributed by atoms with Gasteiger partial charge in [-0.05, 0) is 30.7 Å². The maximum atomic E-state index is 9.06. The summed E-state index contributed by atoms with van der Waals surface area (Å²) in [6.45, 7) is 4.47. The normalized spacial score (nSPS) is 13.0. The first-order chi connectivity index (χ1) is 7.83. The van der Waals surface area contributed by atoms with Gasteiger partial charge in [0, 0.05) is 31.5 Å². The van der Waals surface area contributed by atoms with Gasteiger partial charge >= 0.3 is 0 Å². The highest BCUT2D eigenvalue weighted by Crippen LogP contribution is 2.18. The summed E-state index contributed by atoms with van der Waals surface area (Å²) >= 11 is 0. The second-order valence-corrected chi connectivity index (χ2v) is 3.79. The number of aliphatic hydroxyl groups excluding tert-OH is 1. The Bertz CT molecular complexity index is 273. The van der Waals surface area contributed by atoms with Crippen LogP contribution in [0, 0.1) is 0 Å². The number of nitrogens with zero attached hydrogens (tertiary/aromatic N) is 2. The van der Waals surface area contributed by atoms with E-state index in [4.69, 9.17) is 10.8 Å². The molecule has 0 spiro atoms. The average Bonchev–Trinajstić information content (AvgIpc) is 2.32. The van der Waals surface area contributed by atoms with Crippen molar-refractivity contribution in [2.24, 2.45) is 5.73 Å². The third kappa shape index (κ3) is 3.56. The van der Waals surface area contributed by atoms with Crippen LogP contribution in [0.4, 0.5) is 0 Å². The highest BCUT2D eigenvalue weighted by Gasteiger charge is 2.17. The van der Waals surface area contributed by atoms with Gasteiger partial charge in [0.05, 0.1) is 6.61 Å². The Morgan fingerprint density at radius 1 is 1.38 bits per heavy atom. The summed E-state index contributed by atoms with van der Waals surface area (Å²) in [5.74, 6) is 0. The maximum absolute atomic E-state index is 9.06. The van der Waals surface area contributed by atoms with Crippen molar-refractivity contribution in [2.45, 2.75) is 19.4 Å². The number of aliphatic hydroxyl groups is 1. The molecule has 90 valence electrons. The number of nitrogens with two attached hydrogens (primary N) is 1. The monoisotopic (exact) mass is 223 g/mol. The Labute approximate surface area is 97.1 Å². The molecule has 0 saturated carbocycles. The number of rotatable bonds is 7. The van der Waals surface area contributed by atoms with Gasteiger partial charge < -0.3 is 10.8 Å². The molecule has 0 aliphatic heterocycles.